The van der Waals surface area contributed by atoms with E-state index in [1.807, 2.05) is 18.2 Å². The summed E-state index contributed by atoms with van der Waals surface area (Å²) in [5.41, 5.74) is 2.38. The number of fused-ring (bicyclic) bond motifs is 1. The van der Waals surface area contributed by atoms with Crippen LogP contribution < -0.4 is 0 Å². The molecular weight excluding hydrogens is 344 g/mol. The minimum atomic E-state index is -0.293. The van der Waals surface area contributed by atoms with Crippen LogP contribution in [0.1, 0.15) is 59.3 Å². The molecule has 0 radical (unpaired) electrons. The summed E-state index contributed by atoms with van der Waals surface area (Å²) in [5, 5.41) is 0. The van der Waals surface area contributed by atoms with Gasteiger partial charge in [-0.1, -0.05) is 37.6 Å². The Hall–Kier alpha value is -1.88. The minimum Gasteiger partial charge on any atom is -0.466 e. The lowest BCUT2D eigenvalue weighted by Crippen LogP contribution is -2.12. The summed E-state index contributed by atoms with van der Waals surface area (Å²) >= 11 is 0. The van der Waals surface area contributed by atoms with Crippen molar-refractivity contribution < 1.29 is 23.8 Å². The maximum absolute atomic E-state index is 12.1. The lowest BCUT2D eigenvalue weighted by atomic mass is 9.92. The zero-order valence-corrected chi connectivity index (χ0v) is 17.2. The third-order valence-electron chi connectivity index (χ3n) is 5.56. The third kappa shape index (κ3) is 5.80. The molecule has 1 saturated heterocycles. The van der Waals surface area contributed by atoms with Gasteiger partial charge in [-0.25, -0.2) is 9.59 Å². The van der Waals surface area contributed by atoms with E-state index in [2.05, 4.69) is 20.8 Å². The smallest absolute Gasteiger partial charge is 0.333 e. The van der Waals surface area contributed by atoms with Crippen LogP contribution in [0.15, 0.2) is 34.9 Å². The Kier molecular flexibility index (Phi) is 7.42. The first-order valence-electron chi connectivity index (χ1n) is 9.73. The van der Waals surface area contributed by atoms with Crippen molar-refractivity contribution >= 4 is 11.9 Å². The predicted octanol–water partition coefficient (Wildman–Crippen LogP) is 4.28. The number of allylic oxidation sites excluding steroid dienone is 4. The van der Waals surface area contributed by atoms with Crippen LogP contribution in [-0.2, 0) is 23.8 Å². The molecule has 2 atom stereocenters. The summed E-state index contributed by atoms with van der Waals surface area (Å²) in [6, 6.07) is 0. The monoisotopic (exact) mass is 376 g/mol. The normalized spacial score (nSPS) is 30.6. The van der Waals surface area contributed by atoms with E-state index in [0.717, 1.165) is 25.7 Å². The van der Waals surface area contributed by atoms with Gasteiger partial charge in [0.15, 0.2) is 0 Å². The summed E-state index contributed by atoms with van der Waals surface area (Å²) in [7, 11) is 2.83. The quantitative estimate of drug-likeness (QED) is 0.543. The molecule has 1 heterocycles. The first kappa shape index (κ1) is 21.4. The highest BCUT2D eigenvalue weighted by Crippen LogP contribution is 2.43. The van der Waals surface area contributed by atoms with Gasteiger partial charge in [-0.15, -0.1) is 0 Å². The second-order valence-corrected chi connectivity index (χ2v) is 7.80. The van der Waals surface area contributed by atoms with E-state index in [4.69, 9.17) is 14.2 Å². The van der Waals surface area contributed by atoms with Crippen molar-refractivity contribution in [2.75, 3.05) is 14.2 Å². The summed E-state index contributed by atoms with van der Waals surface area (Å²) in [5.74, 6) is -0.240. The highest BCUT2D eigenvalue weighted by molar-refractivity contribution is 5.89. The Bertz CT molecular complexity index is 656. The zero-order chi connectivity index (χ0) is 20.0. The Morgan fingerprint density at radius 1 is 1.07 bits per heavy atom. The van der Waals surface area contributed by atoms with Gasteiger partial charge in [0, 0.05) is 11.1 Å². The van der Waals surface area contributed by atoms with Crippen LogP contribution in [0.25, 0.3) is 0 Å². The van der Waals surface area contributed by atoms with Crippen molar-refractivity contribution in [3.8, 4) is 0 Å². The number of ether oxygens (including phenoxy) is 3. The summed E-state index contributed by atoms with van der Waals surface area (Å²) in [6.45, 7) is 6.32. The maximum Gasteiger partial charge on any atom is 0.333 e. The Balaban J connectivity index is 2.31. The summed E-state index contributed by atoms with van der Waals surface area (Å²) in [4.78, 5) is 24.3. The van der Waals surface area contributed by atoms with E-state index >= 15 is 0 Å². The van der Waals surface area contributed by atoms with Crippen molar-refractivity contribution in [2.24, 2.45) is 5.92 Å². The van der Waals surface area contributed by atoms with Crippen molar-refractivity contribution in [1.29, 1.82) is 0 Å². The first-order valence-corrected chi connectivity index (χ1v) is 9.73. The number of hydrogen-bond acceptors (Lipinski definition) is 5. The number of methoxy groups -OCH3 is 2. The molecule has 1 aliphatic carbocycles. The fourth-order valence-electron chi connectivity index (χ4n) is 3.55. The van der Waals surface area contributed by atoms with Gasteiger partial charge in [0.2, 0.25) is 0 Å². The molecule has 150 valence electrons. The number of rotatable bonds is 3. The average Bonchev–Trinajstić information content (AvgIpc) is 3.30. The van der Waals surface area contributed by atoms with Gasteiger partial charge < -0.3 is 14.2 Å². The molecule has 2 aliphatic rings. The molecule has 5 nitrogen and oxygen atoms in total. The fourth-order valence-corrected chi connectivity index (χ4v) is 3.55. The summed E-state index contributed by atoms with van der Waals surface area (Å²) in [6.07, 6.45) is 10.4. The lowest BCUT2D eigenvalue weighted by Gasteiger charge is -2.13. The van der Waals surface area contributed by atoms with E-state index in [9.17, 15) is 9.59 Å². The Morgan fingerprint density at radius 2 is 1.74 bits per heavy atom. The molecular formula is C22H32O5. The largest absolute Gasteiger partial charge is 0.466 e. The fraction of sp³-hybridized carbons (Fsp3) is 0.636. The summed E-state index contributed by atoms with van der Waals surface area (Å²) < 4.78 is 15.8. The Morgan fingerprint density at radius 3 is 2.37 bits per heavy atom. The van der Waals surface area contributed by atoms with Crippen LogP contribution >= 0.6 is 0 Å². The lowest BCUT2D eigenvalue weighted by molar-refractivity contribution is -0.137. The highest BCUT2D eigenvalue weighted by Gasteiger charge is 2.50. The standard InChI is InChI=1S/C22H32O5/c1-15(2)16-8-10-17(20(23)25-4)7-6-14-22(3)19(27-22)13-12-18(11-9-16)21(24)26-5/h7,9,11,15,19H,6,8,10,12-14H2,1-5H3/b16-9-,17-7?,18-11+/t19-,22-/m0/s1. The maximum atomic E-state index is 12.1. The molecule has 2 rings (SSSR count). The van der Waals surface area contributed by atoms with Gasteiger partial charge >= 0.3 is 11.9 Å². The molecule has 0 bridgehead atoms. The number of carbonyl (C=O) groups excluding carboxylic acids is 2. The second kappa shape index (κ2) is 9.36. The number of esters is 2. The molecule has 27 heavy (non-hydrogen) atoms. The molecule has 0 aromatic heterocycles. The van der Waals surface area contributed by atoms with Crippen LogP contribution in [0.5, 0.6) is 0 Å². The van der Waals surface area contributed by atoms with Crippen LogP contribution in [0, 0.1) is 5.92 Å². The van der Waals surface area contributed by atoms with E-state index < -0.39 is 0 Å². The van der Waals surface area contributed by atoms with Gasteiger partial charge in [0.25, 0.3) is 0 Å². The third-order valence-corrected chi connectivity index (χ3v) is 5.56. The van der Waals surface area contributed by atoms with E-state index in [1.165, 1.54) is 19.8 Å². The number of carbonyl (C=O) groups is 2. The molecule has 0 spiro atoms. The molecule has 0 saturated carbocycles. The number of hydrogen-bond donors (Lipinski definition) is 0. The zero-order valence-electron chi connectivity index (χ0n) is 17.2. The Labute approximate surface area is 162 Å². The molecule has 0 aromatic carbocycles. The van der Waals surface area contributed by atoms with Crippen LogP contribution in [0.2, 0.25) is 0 Å². The van der Waals surface area contributed by atoms with Gasteiger partial charge in [-0.05, 0) is 51.4 Å². The topological polar surface area (TPSA) is 65.1 Å². The van der Waals surface area contributed by atoms with Crippen molar-refractivity contribution in [3.63, 3.8) is 0 Å². The van der Waals surface area contributed by atoms with Crippen LogP contribution in [0.4, 0.5) is 0 Å². The molecule has 5 heteroatoms. The van der Waals surface area contributed by atoms with Gasteiger partial charge in [0.1, 0.15) is 0 Å². The van der Waals surface area contributed by atoms with Crippen molar-refractivity contribution in [3.05, 3.63) is 34.9 Å². The first-order chi connectivity index (χ1) is 12.8. The van der Waals surface area contributed by atoms with E-state index in [1.54, 1.807) is 0 Å². The minimum absolute atomic E-state index is 0.136. The molecule has 0 aromatic rings. The average molecular weight is 376 g/mol. The predicted molar refractivity (Wildman–Crippen MR) is 104 cm³/mol. The molecule has 1 aliphatic heterocycles. The van der Waals surface area contributed by atoms with Crippen molar-refractivity contribution in [2.45, 2.75) is 71.0 Å². The van der Waals surface area contributed by atoms with Gasteiger partial charge in [0.05, 0.1) is 25.9 Å². The van der Waals surface area contributed by atoms with Crippen molar-refractivity contribution in [1.82, 2.24) is 0 Å². The van der Waals surface area contributed by atoms with E-state index in [-0.39, 0.29) is 23.6 Å². The van der Waals surface area contributed by atoms with E-state index in [0.29, 0.717) is 29.9 Å². The molecule has 0 N–H and O–H groups in total. The second-order valence-electron chi connectivity index (χ2n) is 7.80. The molecule has 1 fully saturated rings. The van der Waals surface area contributed by atoms with Crippen LogP contribution in [-0.4, -0.2) is 37.9 Å². The molecule has 0 unspecified atom stereocenters. The SMILES string of the molecule is COC(=O)C1=CCC[C@]2(C)O[C@H]2CC/C(C(=O)OC)=C\C=C(/C(C)C)CC1. The molecule has 0 amide bonds. The number of epoxide rings is 1. The van der Waals surface area contributed by atoms with Gasteiger partial charge in [-0.2, -0.15) is 0 Å². The highest BCUT2D eigenvalue weighted by atomic mass is 16.6. The van der Waals surface area contributed by atoms with Gasteiger partial charge in [-0.3, -0.25) is 0 Å². The van der Waals surface area contributed by atoms with Crippen LogP contribution in [0.3, 0.4) is 0 Å².